The van der Waals surface area contributed by atoms with Gasteiger partial charge >= 0.3 is 5.97 Å². The number of allylic oxidation sites excluding steroid dienone is 1. The maximum Gasteiger partial charge on any atom is 0.337 e. The topological polar surface area (TPSA) is 44.1 Å². The zero-order valence-electron chi connectivity index (χ0n) is 12.4. The molecule has 0 spiro atoms. The number of carbonyl (C=O) groups is 1. The standard InChI is InChI=1S/C16H18N2O2S/c1-12(2)7-10-21-16-17-8-9-18(16)14-6-4-5-13(11-14)15(19)20-3/h4-9,11H,10H2,1-3H3. The highest BCUT2D eigenvalue weighted by atomic mass is 32.2. The van der Waals surface area contributed by atoms with Gasteiger partial charge in [-0.2, -0.15) is 0 Å². The summed E-state index contributed by atoms with van der Waals surface area (Å²) >= 11 is 1.66. The number of benzene rings is 1. The molecule has 1 aromatic heterocycles. The minimum atomic E-state index is -0.337. The quantitative estimate of drug-likeness (QED) is 0.480. The maximum atomic E-state index is 11.6. The smallest absolute Gasteiger partial charge is 0.337 e. The van der Waals surface area contributed by atoms with E-state index in [1.165, 1.54) is 12.7 Å². The van der Waals surface area contributed by atoms with Crippen molar-refractivity contribution in [2.45, 2.75) is 19.0 Å². The molecular weight excluding hydrogens is 284 g/mol. The van der Waals surface area contributed by atoms with Crippen molar-refractivity contribution in [2.24, 2.45) is 0 Å². The van der Waals surface area contributed by atoms with Crippen LogP contribution >= 0.6 is 11.8 Å². The summed E-state index contributed by atoms with van der Waals surface area (Å²) in [6, 6.07) is 7.33. The first kappa shape index (κ1) is 15.4. The number of thioether (sulfide) groups is 1. The molecule has 0 bridgehead atoms. The second-order valence-electron chi connectivity index (χ2n) is 4.71. The molecule has 0 radical (unpaired) electrons. The van der Waals surface area contributed by atoms with Gasteiger partial charge in [-0.3, -0.25) is 4.57 Å². The summed E-state index contributed by atoms with van der Waals surface area (Å²) in [5, 5.41) is 0.898. The van der Waals surface area contributed by atoms with E-state index in [2.05, 4.69) is 24.9 Å². The molecule has 0 aliphatic carbocycles. The number of methoxy groups -OCH3 is 1. The molecule has 110 valence electrons. The third-order valence-electron chi connectivity index (χ3n) is 2.86. The summed E-state index contributed by atoms with van der Waals surface area (Å²) in [5.41, 5.74) is 2.72. The van der Waals surface area contributed by atoms with Gasteiger partial charge in [-0.05, 0) is 32.0 Å². The molecule has 4 nitrogen and oxygen atoms in total. The summed E-state index contributed by atoms with van der Waals surface area (Å²) in [7, 11) is 1.38. The van der Waals surface area contributed by atoms with Gasteiger partial charge < -0.3 is 4.74 Å². The van der Waals surface area contributed by atoms with Crippen LogP contribution in [0, 0.1) is 0 Å². The van der Waals surface area contributed by atoms with E-state index in [1.54, 1.807) is 30.1 Å². The number of esters is 1. The first-order valence-corrected chi connectivity index (χ1v) is 7.58. The zero-order valence-corrected chi connectivity index (χ0v) is 13.2. The van der Waals surface area contributed by atoms with Crippen LogP contribution in [0.25, 0.3) is 5.69 Å². The van der Waals surface area contributed by atoms with Crippen molar-refractivity contribution in [1.82, 2.24) is 9.55 Å². The summed E-state index contributed by atoms with van der Waals surface area (Å²) in [5.74, 6) is 0.534. The van der Waals surface area contributed by atoms with E-state index in [0.717, 1.165) is 16.6 Å². The van der Waals surface area contributed by atoms with Crippen LogP contribution in [0.5, 0.6) is 0 Å². The van der Waals surface area contributed by atoms with Crippen LogP contribution in [0.2, 0.25) is 0 Å². The first-order chi connectivity index (χ1) is 10.1. The Bertz CT molecular complexity index is 658. The van der Waals surface area contributed by atoms with E-state index in [9.17, 15) is 4.79 Å². The maximum absolute atomic E-state index is 11.6. The summed E-state index contributed by atoms with van der Waals surface area (Å²) in [4.78, 5) is 16.0. The molecule has 5 heteroatoms. The number of carbonyl (C=O) groups excluding carboxylic acids is 1. The Morgan fingerprint density at radius 1 is 1.43 bits per heavy atom. The molecule has 0 unspecified atom stereocenters. The van der Waals surface area contributed by atoms with Gasteiger partial charge in [0.2, 0.25) is 0 Å². The van der Waals surface area contributed by atoms with E-state index in [4.69, 9.17) is 4.74 Å². The molecule has 2 rings (SSSR count). The Balaban J connectivity index is 2.24. The van der Waals surface area contributed by atoms with Crippen LogP contribution in [0.1, 0.15) is 24.2 Å². The Morgan fingerprint density at radius 3 is 2.95 bits per heavy atom. The summed E-state index contributed by atoms with van der Waals surface area (Å²) in [6.07, 6.45) is 5.81. The van der Waals surface area contributed by atoms with Gasteiger partial charge in [-0.1, -0.05) is 29.5 Å². The Kier molecular flexibility index (Phi) is 5.22. The molecule has 0 saturated carbocycles. The van der Waals surface area contributed by atoms with Crippen LogP contribution < -0.4 is 0 Å². The van der Waals surface area contributed by atoms with Crippen LogP contribution in [-0.2, 0) is 4.74 Å². The number of nitrogens with zero attached hydrogens (tertiary/aromatic N) is 2. The third kappa shape index (κ3) is 3.98. The fourth-order valence-corrected chi connectivity index (χ4v) is 2.78. The molecule has 0 N–H and O–H groups in total. The number of imidazole rings is 1. The van der Waals surface area contributed by atoms with Crippen molar-refractivity contribution in [1.29, 1.82) is 0 Å². The van der Waals surface area contributed by atoms with Crippen molar-refractivity contribution >= 4 is 17.7 Å². The predicted octanol–water partition coefficient (Wildman–Crippen LogP) is 3.72. The van der Waals surface area contributed by atoms with Gasteiger partial charge in [0.25, 0.3) is 0 Å². The largest absolute Gasteiger partial charge is 0.465 e. The van der Waals surface area contributed by atoms with E-state index < -0.39 is 0 Å². The van der Waals surface area contributed by atoms with Crippen molar-refractivity contribution in [2.75, 3.05) is 12.9 Å². The van der Waals surface area contributed by atoms with Crippen molar-refractivity contribution in [3.05, 3.63) is 53.9 Å². The molecule has 1 aromatic carbocycles. The van der Waals surface area contributed by atoms with E-state index >= 15 is 0 Å². The van der Waals surface area contributed by atoms with E-state index in [-0.39, 0.29) is 5.97 Å². The number of hydrogen-bond acceptors (Lipinski definition) is 4. The average Bonchev–Trinajstić information content (AvgIpc) is 2.94. The molecule has 0 saturated heterocycles. The van der Waals surface area contributed by atoms with Gasteiger partial charge in [0, 0.05) is 23.8 Å². The lowest BCUT2D eigenvalue weighted by atomic mass is 10.2. The third-order valence-corrected chi connectivity index (χ3v) is 3.75. The molecule has 21 heavy (non-hydrogen) atoms. The lowest BCUT2D eigenvalue weighted by Gasteiger charge is -2.08. The lowest BCUT2D eigenvalue weighted by Crippen LogP contribution is -2.03. The Labute approximate surface area is 128 Å². The van der Waals surface area contributed by atoms with E-state index in [1.807, 2.05) is 22.9 Å². The van der Waals surface area contributed by atoms with Crippen molar-refractivity contribution in [3.63, 3.8) is 0 Å². The van der Waals surface area contributed by atoms with Gasteiger partial charge in [0.05, 0.1) is 12.7 Å². The van der Waals surface area contributed by atoms with Crippen LogP contribution in [-0.4, -0.2) is 28.4 Å². The minimum absolute atomic E-state index is 0.337. The fraction of sp³-hybridized carbons (Fsp3) is 0.250. The minimum Gasteiger partial charge on any atom is -0.465 e. The van der Waals surface area contributed by atoms with Gasteiger partial charge in [-0.15, -0.1) is 0 Å². The van der Waals surface area contributed by atoms with Crippen LogP contribution in [0.4, 0.5) is 0 Å². The summed E-state index contributed by atoms with van der Waals surface area (Å²) < 4.78 is 6.72. The summed E-state index contributed by atoms with van der Waals surface area (Å²) in [6.45, 7) is 4.15. The van der Waals surface area contributed by atoms with Crippen LogP contribution in [0.3, 0.4) is 0 Å². The first-order valence-electron chi connectivity index (χ1n) is 6.60. The van der Waals surface area contributed by atoms with Crippen molar-refractivity contribution < 1.29 is 9.53 Å². The van der Waals surface area contributed by atoms with Gasteiger partial charge in [0.1, 0.15) is 0 Å². The second kappa shape index (κ2) is 7.13. The average molecular weight is 302 g/mol. The molecule has 1 heterocycles. The van der Waals surface area contributed by atoms with E-state index in [0.29, 0.717) is 5.56 Å². The molecule has 0 atom stereocenters. The molecule has 0 fully saturated rings. The van der Waals surface area contributed by atoms with Gasteiger partial charge in [-0.25, -0.2) is 9.78 Å². The number of ether oxygens (including phenoxy) is 1. The number of aromatic nitrogens is 2. The Morgan fingerprint density at radius 2 is 2.24 bits per heavy atom. The zero-order chi connectivity index (χ0) is 15.2. The normalized spacial score (nSPS) is 10.2. The predicted molar refractivity (Wildman–Crippen MR) is 85.1 cm³/mol. The SMILES string of the molecule is COC(=O)c1cccc(-n2ccnc2SCC=C(C)C)c1. The molecule has 0 amide bonds. The monoisotopic (exact) mass is 302 g/mol. The van der Waals surface area contributed by atoms with Gasteiger partial charge in [0.15, 0.2) is 5.16 Å². The van der Waals surface area contributed by atoms with Crippen molar-refractivity contribution in [3.8, 4) is 5.69 Å². The van der Waals surface area contributed by atoms with Crippen LogP contribution in [0.15, 0.2) is 53.5 Å². The fourth-order valence-electron chi connectivity index (χ4n) is 1.78. The molecular formula is C16H18N2O2S. The Hall–Kier alpha value is -2.01. The number of rotatable bonds is 5. The highest BCUT2D eigenvalue weighted by molar-refractivity contribution is 7.99. The molecule has 2 aromatic rings. The highest BCUT2D eigenvalue weighted by Crippen LogP contribution is 2.21. The second-order valence-corrected chi connectivity index (χ2v) is 5.70. The number of hydrogen-bond donors (Lipinski definition) is 0. The highest BCUT2D eigenvalue weighted by Gasteiger charge is 2.09. The lowest BCUT2D eigenvalue weighted by molar-refractivity contribution is 0.0600. The molecule has 0 aliphatic rings. The molecule has 0 aliphatic heterocycles.